The lowest BCUT2D eigenvalue weighted by molar-refractivity contribution is -0.126. The molecule has 2 aromatic heterocycles. The van der Waals surface area contributed by atoms with Crippen molar-refractivity contribution >= 4 is 50.7 Å². The van der Waals surface area contributed by atoms with E-state index in [-0.39, 0.29) is 12.2 Å². The summed E-state index contributed by atoms with van der Waals surface area (Å²) >= 11 is 4.50. The van der Waals surface area contributed by atoms with Crippen LogP contribution in [0.1, 0.15) is 10.5 Å². The van der Waals surface area contributed by atoms with E-state index in [1.165, 1.54) is 16.7 Å². The topological polar surface area (TPSA) is 123 Å². The summed E-state index contributed by atoms with van der Waals surface area (Å²) in [6, 6.07) is 8.75. The van der Waals surface area contributed by atoms with Gasteiger partial charge in [-0.1, -0.05) is 12.1 Å². The average molecular weight is 476 g/mol. The van der Waals surface area contributed by atoms with Crippen LogP contribution in [-0.4, -0.2) is 45.9 Å². The van der Waals surface area contributed by atoms with Crippen molar-refractivity contribution in [3.63, 3.8) is 0 Å². The van der Waals surface area contributed by atoms with Crippen molar-refractivity contribution in [2.24, 2.45) is 0 Å². The molecule has 0 aliphatic rings. The maximum atomic E-state index is 12.0. The zero-order valence-corrected chi connectivity index (χ0v) is 17.2. The maximum absolute atomic E-state index is 12.0. The van der Waals surface area contributed by atoms with Gasteiger partial charge < -0.3 is 15.4 Å². The molecule has 0 aliphatic carbocycles. The van der Waals surface area contributed by atoms with Crippen LogP contribution in [-0.2, 0) is 14.3 Å². The van der Waals surface area contributed by atoms with E-state index >= 15 is 0 Å². The van der Waals surface area contributed by atoms with Gasteiger partial charge in [-0.3, -0.25) is 9.59 Å². The Bertz CT molecular complexity index is 1030. The lowest BCUT2D eigenvalue weighted by atomic mass is 10.3. The normalized spacial score (nSPS) is 10.2. The first-order valence-corrected chi connectivity index (χ1v) is 9.91. The zero-order chi connectivity index (χ0) is 20.6. The molecule has 0 fully saturated rings. The van der Waals surface area contributed by atoms with Gasteiger partial charge in [-0.2, -0.15) is 0 Å². The minimum absolute atomic E-state index is 0.0527. The number of para-hydroxylation sites is 1. The minimum atomic E-state index is -0.753. The number of anilines is 1. The maximum Gasteiger partial charge on any atom is 0.358 e. The van der Waals surface area contributed by atoms with Crippen molar-refractivity contribution in [2.75, 3.05) is 18.5 Å². The lowest BCUT2D eigenvalue weighted by Crippen LogP contribution is -2.35. The highest BCUT2D eigenvalue weighted by molar-refractivity contribution is 9.10. The first kappa shape index (κ1) is 20.6. The summed E-state index contributed by atoms with van der Waals surface area (Å²) in [5.41, 5.74) is 0.636. The van der Waals surface area contributed by atoms with E-state index < -0.39 is 24.4 Å². The third-order valence-corrected chi connectivity index (χ3v) is 4.93. The molecule has 9 nitrogen and oxygen atoms in total. The molecule has 11 heteroatoms. The van der Waals surface area contributed by atoms with Gasteiger partial charge in [0.1, 0.15) is 0 Å². The van der Waals surface area contributed by atoms with Crippen molar-refractivity contribution in [1.82, 2.24) is 20.3 Å². The zero-order valence-electron chi connectivity index (χ0n) is 14.8. The SMILES string of the molecule is O=C(COC(=O)c1csc(-c2ncccn2)n1)NCC(=O)Nc1ccccc1Br. The summed E-state index contributed by atoms with van der Waals surface area (Å²) in [6.07, 6.45) is 3.14. The molecule has 0 bridgehead atoms. The summed E-state index contributed by atoms with van der Waals surface area (Å²) in [7, 11) is 0. The van der Waals surface area contributed by atoms with Crippen LogP contribution in [0.5, 0.6) is 0 Å². The summed E-state index contributed by atoms with van der Waals surface area (Å²) in [4.78, 5) is 47.9. The highest BCUT2D eigenvalue weighted by atomic mass is 79.9. The second-order valence-corrected chi connectivity index (χ2v) is 7.20. The highest BCUT2D eigenvalue weighted by Crippen LogP contribution is 2.21. The predicted molar refractivity (Wildman–Crippen MR) is 109 cm³/mol. The van der Waals surface area contributed by atoms with Gasteiger partial charge in [0, 0.05) is 22.2 Å². The number of esters is 1. The van der Waals surface area contributed by atoms with E-state index in [0.717, 1.165) is 4.47 Å². The van der Waals surface area contributed by atoms with Crippen LogP contribution in [0.2, 0.25) is 0 Å². The number of hydrogen-bond acceptors (Lipinski definition) is 8. The van der Waals surface area contributed by atoms with E-state index in [1.807, 2.05) is 6.07 Å². The van der Waals surface area contributed by atoms with Gasteiger partial charge in [-0.05, 0) is 34.1 Å². The number of thiazole rings is 1. The smallest absolute Gasteiger partial charge is 0.358 e. The van der Waals surface area contributed by atoms with Gasteiger partial charge in [0.2, 0.25) is 5.91 Å². The Balaban J connectivity index is 1.43. The Morgan fingerprint density at radius 3 is 2.59 bits per heavy atom. The Hall–Kier alpha value is -3.18. The number of halogens is 1. The number of nitrogens with one attached hydrogen (secondary N) is 2. The van der Waals surface area contributed by atoms with Crippen LogP contribution in [0.25, 0.3) is 10.8 Å². The minimum Gasteiger partial charge on any atom is -0.451 e. The molecule has 0 aliphatic heterocycles. The molecule has 2 amide bonds. The number of rotatable bonds is 7. The quantitative estimate of drug-likeness (QED) is 0.502. The van der Waals surface area contributed by atoms with Crippen molar-refractivity contribution in [3.05, 3.63) is 58.3 Å². The Kier molecular flexibility index (Phi) is 6.98. The molecular weight excluding hydrogens is 462 g/mol. The molecule has 1 aromatic carbocycles. The van der Waals surface area contributed by atoms with Gasteiger partial charge >= 0.3 is 5.97 Å². The van der Waals surface area contributed by atoms with Crippen LogP contribution < -0.4 is 10.6 Å². The largest absolute Gasteiger partial charge is 0.451 e. The Morgan fingerprint density at radius 2 is 1.83 bits per heavy atom. The second-order valence-electron chi connectivity index (χ2n) is 5.49. The van der Waals surface area contributed by atoms with Crippen LogP contribution in [0.4, 0.5) is 5.69 Å². The van der Waals surface area contributed by atoms with Crippen molar-refractivity contribution in [2.45, 2.75) is 0 Å². The lowest BCUT2D eigenvalue weighted by Gasteiger charge is -2.08. The molecule has 29 heavy (non-hydrogen) atoms. The molecule has 148 valence electrons. The number of amides is 2. The van der Waals surface area contributed by atoms with Crippen LogP contribution in [0.3, 0.4) is 0 Å². The van der Waals surface area contributed by atoms with Gasteiger partial charge in [0.25, 0.3) is 5.91 Å². The third-order valence-electron chi connectivity index (χ3n) is 3.40. The number of benzene rings is 1. The molecule has 0 saturated heterocycles. The molecule has 0 atom stereocenters. The summed E-state index contributed by atoms with van der Waals surface area (Å²) in [5, 5.41) is 6.99. The number of nitrogens with zero attached hydrogens (tertiary/aromatic N) is 3. The third kappa shape index (κ3) is 5.90. The van der Waals surface area contributed by atoms with Crippen molar-refractivity contribution < 1.29 is 19.1 Å². The number of ether oxygens (including phenoxy) is 1. The van der Waals surface area contributed by atoms with E-state index in [4.69, 9.17) is 4.74 Å². The summed E-state index contributed by atoms with van der Waals surface area (Å²) < 4.78 is 5.64. The predicted octanol–water partition coefficient (Wildman–Crippen LogP) is 2.27. The summed E-state index contributed by atoms with van der Waals surface area (Å²) in [6.45, 7) is -0.792. The molecular formula is C18H14BrN5O4S. The molecule has 3 rings (SSSR count). The number of carbonyl (C=O) groups excluding carboxylic acids is 3. The number of carbonyl (C=O) groups is 3. The van der Waals surface area contributed by atoms with Crippen LogP contribution in [0, 0.1) is 0 Å². The van der Waals surface area contributed by atoms with Gasteiger partial charge in [-0.25, -0.2) is 19.7 Å². The van der Waals surface area contributed by atoms with E-state index in [1.54, 1.807) is 36.7 Å². The molecule has 3 aromatic rings. The highest BCUT2D eigenvalue weighted by Gasteiger charge is 2.16. The fourth-order valence-electron chi connectivity index (χ4n) is 2.07. The second kappa shape index (κ2) is 9.85. The molecule has 0 saturated carbocycles. The monoisotopic (exact) mass is 475 g/mol. The van der Waals surface area contributed by atoms with Crippen molar-refractivity contribution in [1.29, 1.82) is 0 Å². The van der Waals surface area contributed by atoms with E-state index in [0.29, 0.717) is 16.5 Å². The van der Waals surface area contributed by atoms with Crippen LogP contribution >= 0.6 is 27.3 Å². The Morgan fingerprint density at radius 1 is 1.07 bits per heavy atom. The fraction of sp³-hybridized carbons (Fsp3) is 0.111. The molecule has 0 spiro atoms. The van der Waals surface area contributed by atoms with Crippen molar-refractivity contribution in [3.8, 4) is 10.8 Å². The van der Waals surface area contributed by atoms with Crippen LogP contribution in [0.15, 0.2) is 52.6 Å². The van der Waals surface area contributed by atoms with Gasteiger partial charge in [0.15, 0.2) is 23.1 Å². The average Bonchev–Trinajstić information content (AvgIpc) is 3.23. The number of aromatic nitrogens is 3. The first-order valence-electron chi connectivity index (χ1n) is 8.24. The Labute approximate surface area is 177 Å². The molecule has 2 heterocycles. The molecule has 2 N–H and O–H groups in total. The van der Waals surface area contributed by atoms with Gasteiger partial charge in [-0.15, -0.1) is 11.3 Å². The van der Waals surface area contributed by atoms with E-state index in [9.17, 15) is 14.4 Å². The van der Waals surface area contributed by atoms with E-state index in [2.05, 4.69) is 41.5 Å². The number of hydrogen-bond donors (Lipinski definition) is 2. The van der Waals surface area contributed by atoms with Gasteiger partial charge in [0.05, 0.1) is 12.2 Å². The standard InChI is InChI=1S/C18H14BrN5O4S/c19-11-4-1-2-5-12(11)23-14(25)8-22-15(26)9-28-18(27)13-10-29-17(24-13)16-20-6-3-7-21-16/h1-7,10H,8-9H2,(H,22,26)(H,23,25). The fourth-order valence-corrected chi connectivity index (χ4v) is 3.19. The molecule has 0 radical (unpaired) electrons. The molecule has 0 unspecified atom stereocenters. The summed E-state index contributed by atoms with van der Waals surface area (Å²) in [5.74, 6) is -1.38. The first-order chi connectivity index (χ1) is 14.0.